The van der Waals surface area contributed by atoms with Crippen LogP contribution in [-0.4, -0.2) is 40.9 Å². The molecule has 2 rings (SSSR count). The third kappa shape index (κ3) is 7.22. The van der Waals surface area contributed by atoms with Crippen LogP contribution in [0.1, 0.15) is 53.5 Å². The zero-order valence-electron chi connectivity index (χ0n) is 18.4. The Morgan fingerprint density at radius 2 is 1.60 bits per heavy atom. The van der Waals surface area contributed by atoms with Gasteiger partial charge in [-0.2, -0.15) is 0 Å². The lowest BCUT2D eigenvalue weighted by Crippen LogP contribution is -2.41. The second-order valence-corrected chi connectivity index (χ2v) is 9.15. The fourth-order valence-corrected chi connectivity index (χ4v) is 2.85. The monoisotopic (exact) mass is 417 g/mol. The second kappa shape index (κ2) is 8.92. The number of rotatable bonds is 4. The lowest BCUT2D eigenvalue weighted by molar-refractivity contribution is -0.144. The Morgan fingerprint density at radius 3 is 2.17 bits per heavy atom. The van der Waals surface area contributed by atoms with Crippen molar-refractivity contribution in [3.8, 4) is 0 Å². The largest absolute Gasteiger partial charge is 0.511 e. The van der Waals surface area contributed by atoms with E-state index in [0.717, 1.165) is 0 Å². The van der Waals surface area contributed by atoms with Crippen LogP contribution in [0, 0.1) is 0 Å². The number of ether oxygens (including phenoxy) is 3. The first-order valence-electron chi connectivity index (χ1n) is 9.84. The first-order chi connectivity index (χ1) is 13.8. The van der Waals surface area contributed by atoms with Gasteiger partial charge in [0.25, 0.3) is 0 Å². The summed E-state index contributed by atoms with van der Waals surface area (Å²) in [7, 11) is 0. The molecule has 2 N–H and O–H groups in total. The Kier molecular flexibility index (Phi) is 6.98. The van der Waals surface area contributed by atoms with E-state index in [-0.39, 0.29) is 13.0 Å². The van der Waals surface area contributed by atoms with Crippen LogP contribution >= 0.6 is 0 Å². The average molecular weight is 418 g/mol. The SMILES string of the molecule is CC(C)(C)OC(=O)NCC1=CC=C(c2ccccc2)C(O)(OC(=O)OC(C)(C)C)C1. The predicted octanol–water partition coefficient (Wildman–Crippen LogP) is 4.57. The number of amides is 1. The van der Waals surface area contributed by atoms with Crippen molar-refractivity contribution in [3.63, 3.8) is 0 Å². The van der Waals surface area contributed by atoms with Gasteiger partial charge in [0.2, 0.25) is 5.79 Å². The number of nitrogens with one attached hydrogen (secondary N) is 1. The highest BCUT2D eigenvalue weighted by Crippen LogP contribution is 2.37. The van der Waals surface area contributed by atoms with E-state index < -0.39 is 29.2 Å². The minimum absolute atomic E-state index is 0.0250. The Labute approximate surface area is 177 Å². The summed E-state index contributed by atoms with van der Waals surface area (Å²) in [6.45, 7) is 10.6. The van der Waals surface area contributed by atoms with Crippen molar-refractivity contribution in [2.75, 3.05) is 6.54 Å². The van der Waals surface area contributed by atoms with Gasteiger partial charge in [-0.15, -0.1) is 0 Å². The van der Waals surface area contributed by atoms with Crippen molar-refractivity contribution < 1.29 is 28.9 Å². The number of hydrogen-bond donors (Lipinski definition) is 2. The molecule has 1 aliphatic carbocycles. The van der Waals surface area contributed by atoms with E-state index in [1.54, 1.807) is 53.7 Å². The number of allylic oxidation sites excluding steroid dienone is 2. The van der Waals surface area contributed by atoms with Gasteiger partial charge in [0.1, 0.15) is 11.2 Å². The summed E-state index contributed by atoms with van der Waals surface area (Å²) in [6, 6.07) is 9.13. The molecule has 1 unspecified atom stereocenters. The van der Waals surface area contributed by atoms with Crippen LogP contribution in [0.4, 0.5) is 9.59 Å². The summed E-state index contributed by atoms with van der Waals surface area (Å²) in [5, 5.41) is 13.9. The molecule has 0 aromatic heterocycles. The van der Waals surface area contributed by atoms with Crippen molar-refractivity contribution in [2.24, 2.45) is 0 Å². The van der Waals surface area contributed by atoms with Crippen molar-refractivity contribution in [3.05, 3.63) is 53.6 Å². The third-order valence-corrected chi connectivity index (χ3v) is 3.96. The molecule has 0 heterocycles. The number of benzene rings is 1. The van der Waals surface area contributed by atoms with Gasteiger partial charge in [-0.1, -0.05) is 42.5 Å². The number of aliphatic hydroxyl groups is 1. The van der Waals surface area contributed by atoms with Crippen molar-refractivity contribution >= 4 is 17.8 Å². The fourth-order valence-electron chi connectivity index (χ4n) is 2.85. The summed E-state index contributed by atoms with van der Waals surface area (Å²) in [6.07, 6.45) is 1.89. The highest BCUT2D eigenvalue weighted by atomic mass is 16.8. The van der Waals surface area contributed by atoms with Gasteiger partial charge in [0.05, 0.1) is 0 Å². The first-order valence-corrected chi connectivity index (χ1v) is 9.84. The van der Waals surface area contributed by atoms with Crippen molar-refractivity contribution in [1.29, 1.82) is 0 Å². The lowest BCUT2D eigenvalue weighted by atomic mass is 9.87. The number of carbonyl (C=O) groups excluding carboxylic acids is 2. The van der Waals surface area contributed by atoms with Gasteiger partial charge in [-0.25, -0.2) is 9.59 Å². The number of carbonyl (C=O) groups is 2. The summed E-state index contributed by atoms with van der Waals surface area (Å²) >= 11 is 0. The minimum atomic E-state index is -1.94. The molecule has 1 aliphatic rings. The highest BCUT2D eigenvalue weighted by Gasteiger charge is 2.41. The summed E-state index contributed by atoms with van der Waals surface area (Å²) in [5.41, 5.74) is 0.405. The lowest BCUT2D eigenvalue weighted by Gasteiger charge is -2.34. The van der Waals surface area contributed by atoms with Crippen LogP contribution < -0.4 is 5.32 Å². The average Bonchev–Trinajstić information content (AvgIpc) is 2.57. The van der Waals surface area contributed by atoms with E-state index in [4.69, 9.17) is 14.2 Å². The molecule has 1 aromatic rings. The maximum atomic E-state index is 12.3. The van der Waals surface area contributed by atoms with Gasteiger partial charge in [0, 0.05) is 18.5 Å². The molecule has 1 aromatic carbocycles. The molecule has 0 spiro atoms. The van der Waals surface area contributed by atoms with Gasteiger partial charge < -0.3 is 24.6 Å². The normalized spacial score (nSPS) is 19.3. The molecule has 1 atom stereocenters. The molecule has 7 nitrogen and oxygen atoms in total. The van der Waals surface area contributed by atoms with E-state index in [0.29, 0.717) is 16.7 Å². The molecule has 7 heteroatoms. The maximum Gasteiger partial charge on any atom is 0.511 e. The van der Waals surface area contributed by atoms with Crippen LogP contribution in [0.5, 0.6) is 0 Å². The van der Waals surface area contributed by atoms with Crippen LogP contribution in [-0.2, 0) is 14.2 Å². The summed E-state index contributed by atoms with van der Waals surface area (Å²) in [4.78, 5) is 24.2. The Bertz CT molecular complexity index is 829. The van der Waals surface area contributed by atoms with Crippen LogP contribution in [0.3, 0.4) is 0 Å². The minimum Gasteiger partial charge on any atom is -0.444 e. The summed E-state index contributed by atoms with van der Waals surface area (Å²) in [5.74, 6) is -1.94. The quantitative estimate of drug-likeness (QED) is 0.551. The molecular formula is C23H31NO6. The van der Waals surface area contributed by atoms with Gasteiger partial charge in [0.15, 0.2) is 0 Å². The zero-order chi connectivity index (χ0) is 22.6. The topological polar surface area (TPSA) is 94.1 Å². The maximum absolute atomic E-state index is 12.3. The molecule has 0 saturated carbocycles. The summed E-state index contributed by atoms with van der Waals surface area (Å²) < 4.78 is 15.8. The zero-order valence-corrected chi connectivity index (χ0v) is 18.4. The van der Waals surface area contributed by atoms with Crippen molar-refractivity contribution in [1.82, 2.24) is 5.32 Å². The van der Waals surface area contributed by atoms with Crippen LogP contribution in [0.15, 0.2) is 48.1 Å². The second-order valence-electron chi connectivity index (χ2n) is 9.15. The molecular weight excluding hydrogens is 386 g/mol. The van der Waals surface area contributed by atoms with Gasteiger partial charge >= 0.3 is 12.2 Å². The fraction of sp³-hybridized carbons (Fsp3) is 0.478. The van der Waals surface area contributed by atoms with E-state index >= 15 is 0 Å². The molecule has 0 saturated heterocycles. The first kappa shape index (κ1) is 23.5. The predicted molar refractivity (Wildman–Crippen MR) is 114 cm³/mol. The number of alkyl carbamates (subject to hydrolysis) is 1. The highest BCUT2D eigenvalue weighted by molar-refractivity contribution is 5.77. The van der Waals surface area contributed by atoms with E-state index in [9.17, 15) is 14.7 Å². The van der Waals surface area contributed by atoms with Crippen molar-refractivity contribution in [2.45, 2.75) is 65.0 Å². The molecule has 0 aliphatic heterocycles. The number of hydrogen-bond acceptors (Lipinski definition) is 6. The Hall–Kier alpha value is -2.80. The molecule has 30 heavy (non-hydrogen) atoms. The Morgan fingerprint density at radius 1 is 1.00 bits per heavy atom. The van der Waals surface area contributed by atoms with Gasteiger partial charge in [-0.05, 0) is 52.7 Å². The van der Waals surface area contributed by atoms with Gasteiger partial charge in [-0.3, -0.25) is 0 Å². The standard InChI is InChI=1S/C23H31NO6/c1-21(2,3)28-19(25)24-15-16-12-13-18(17-10-8-7-9-11-17)23(27,14-16)30-20(26)29-22(4,5)6/h7-13,27H,14-15H2,1-6H3,(H,24,25). The molecule has 1 amide bonds. The molecule has 164 valence electrons. The van der Waals surface area contributed by atoms with E-state index in [2.05, 4.69) is 5.32 Å². The van der Waals surface area contributed by atoms with E-state index in [1.807, 2.05) is 30.3 Å². The molecule has 0 fully saturated rings. The smallest absolute Gasteiger partial charge is 0.444 e. The Balaban J connectivity index is 2.22. The third-order valence-electron chi connectivity index (χ3n) is 3.96. The van der Waals surface area contributed by atoms with Crippen LogP contribution in [0.2, 0.25) is 0 Å². The molecule has 0 radical (unpaired) electrons. The van der Waals surface area contributed by atoms with Crippen LogP contribution in [0.25, 0.3) is 5.57 Å². The molecule has 0 bridgehead atoms. The van der Waals surface area contributed by atoms with E-state index in [1.165, 1.54) is 0 Å².